The van der Waals surface area contributed by atoms with E-state index in [2.05, 4.69) is 15.9 Å². The van der Waals surface area contributed by atoms with Gasteiger partial charge in [-0.2, -0.15) is 0 Å². The van der Waals surface area contributed by atoms with Gasteiger partial charge >= 0.3 is 0 Å². The number of nitrogens with two attached hydrogens (primary N) is 1. The molecule has 2 rings (SSSR count). The van der Waals surface area contributed by atoms with Crippen LogP contribution in [0.3, 0.4) is 0 Å². The second-order valence-electron chi connectivity index (χ2n) is 3.53. The van der Waals surface area contributed by atoms with E-state index in [9.17, 15) is 4.39 Å². The van der Waals surface area contributed by atoms with Gasteiger partial charge in [-0.3, -0.25) is 0 Å². The molecule has 16 heavy (non-hydrogen) atoms. The number of rotatable bonds is 3. The van der Waals surface area contributed by atoms with Gasteiger partial charge in [0.2, 0.25) is 0 Å². The fourth-order valence-electron chi connectivity index (χ4n) is 1.56. The van der Waals surface area contributed by atoms with Crippen LogP contribution in [0, 0.1) is 5.82 Å². The molecule has 0 amide bonds. The largest absolute Gasteiger partial charge is 0.466 e. The average molecular weight is 284 g/mol. The molecule has 2 nitrogen and oxygen atoms in total. The zero-order valence-corrected chi connectivity index (χ0v) is 10.1. The van der Waals surface area contributed by atoms with Crippen molar-refractivity contribution in [2.75, 3.05) is 0 Å². The Balaban J connectivity index is 2.17. The van der Waals surface area contributed by atoms with E-state index in [4.69, 9.17) is 10.2 Å². The molecular formula is C12H11BrFNO. The van der Waals surface area contributed by atoms with Gasteiger partial charge in [-0.1, -0.05) is 18.2 Å². The molecule has 2 aromatic rings. The first-order valence-electron chi connectivity index (χ1n) is 4.90. The Hall–Kier alpha value is -1.13. The van der Waals surface area contributed by atoms with Gasteiger partial charge in [0.25, 0.3) is 0 Å². The standard InChI is InChI=1S/C12H11BrFNO/c13-9-5-6-16-12(9)11(15)7-8-3-1-2-4-10(8)14/h1-6,11H,7,15H2. The SMILES string of the molecule is NC(Cc1ccccc1F)c1occc1Br. The Morgan fingerprint density at radius 3 is 2.69 bits per heavy atom. The summed E-state index contributed by atoms with van der Waals surface area (Å²) >= 11 is 3.33. The van der Waals surface area contributed by atoms with E-state index in [1.54, 1.807) is 30.5 Å². The van der Waals surface area contributed by atoms with Crippen LogP contribution < -0.4 is 5.73 Å². The summed E-state index contributed by atoms with van der Waals surface area (Å²) in [7, 11) is 0. The Kier molecular flexibility index (Phi) is 3.41. The number of hydrogen-bond acceptors (Lipinski definition) is 2. The lowest BCUT2D eigenvalue weighted by atomic mass is 10.0. The van der Waals surface area contributed by atoms with Crippen LogP contribution >= 0.6 is 15.9 Å². The molecule has 0 saturated heterocycles. The first kappa shape index (κ1) is 11.4. The third kappa shape index (κ3) is 2.33. The van der Waals surface area contributed by atoms with Crippen molar-refractivity contribution in [1.82, 2.24) is 0 Å². The molecule has 0 aliphatic heterocycles. The normalized spacial score (nSPS) is 12.7. The van der Waals surface area contributed by atoms with Crippen LogP contribution in [0.1, 0.15) is 17.4 Å². The lowest BCUT2D eigenvalue weighted by Crippen LogP contribution is -2.13. The zero-order chi connectivity index (χ0) is 11.5. The van der Waals surface area contributed by atoms with Crippen LogP contribution in [0.4, 0.5) is 4.39 Å². The van der Waals surface area contributed by atoms with Crippen molar-refractivity contribution in [3.8, 4) is 0 Å². The van der Waals surface area contributed by atoms with Crippen LogP contribution in [-0.4, -0.2) is 0 Å². The molecule has 1 heterocycles. The Morgan fingerprint density at radius 2 is 2.06 bits per heavy atom. The fourth-order valence-corrected chi connectivity index (χ4v) is 2.06. The molecule has 1 aromatic heterocycles. The number of hydrogen-bond donors (Lipinski definition) is 1. The molecule has 2 N–H and O–H groups in total. The summed E-state index contributed by atoms with van der Waals surface area (Å²) in [5.41, 5.74) is 6.55. The summed E-state index contributed by atoms with van der Waals surface area (Å²) in [6.07, 6.45) is 1.97. The second-order valence-corrected chi connectivity index (χ2v) is 4.39. The van der Waals surface area contributed by atoms with Crippen LogP contribution in [0.2, 0.25) is 0 Å². The van der Waals surface area contributed by atoms with Crippen molar-refractivity contribution in [3.05, 3.63) is 58.2 Å². The van der Waals surface area contributed by atoms with Crippen molar-refractivity contribution in [2.45, 2.75) is 12.5 Å². The van der Waals surface area contributed by atoms with Gasteiger partial charge < -0.3 is 10.2 Å². The van der Waals surface area contributed by atoms with Gasteiger partial charge in [0.15, 0.2) is 0 Å². The number of furan rings is 1. The quantitative estimate of drug-likeness (QED) is 0.938. The number of benzene rings is 1. The molecular weight excluding hydrogens is 273 g/mol. The minimum atomic E-state index is -0.346. The van der Waals surface area contributed by atoms with Gasteiger partial charge in [-0.25, -0.2) is 4.39 Å². The smallest absolute Gasteiger partial charge is 0.134 e. The predicted octanol–water partition coefficient (Wildman–Crippen LogP) is 3.42. The summed E-state index contributed by atoms with van der Waals surface area (Å²) < 4.78 is 19.5. The molecule has 0 aliphatic rings. The topological polar surface area (TPSA) is 39.2 Å². The highest BCUT2D eigenvalue weighted by atomic mass is 79.9. The minimum Gasteiger partial charge on any atom is -0.466 e. The molecule has 0 saturated carbocycles. The summed E-state index contributed by atoms with van der Waals surface area (Å²) in [4.78, 5) is 0. The molecule has 84 valence electrons. The van der Waals surface area contributed by atoms with Gasteiger partial charge in [0.1, 0.15) is 11.6 Å². The third-order valence-corrected chi connectivity index (χ3v) is 3.03. The minimum absolute atomic E-state index is 0.236. The lowest BCUT2D eigenvalue weighted by molar-refractivity contribution is 0.458. The molecule has 0 fully saturated rings. The Labute approximate surface area is 101 Å². The molecule has 1 aromatic carbocycles. The van der Waals surface area contributed by atoms with Crippen LogP contribution in [0.15, 0.2) is 45.5 Å². The predicted molar refractivity (Wildman–Crippen MR) is 63.4 cm³/mol. The fraction of sp³-hybridized carbons (Fsp3) is 0.167. The summed E-state index contributed by atoms with van der Waals surface area (Å²) in [5.74, 6) is 0.406. The maximum atomic E-state index is 13.4. The van der Waals surface area contributed by atoms with Crippen molar-refractivity contribution in [1.29, 1.82) is 0 Å². The average Bonchev–Trinajstić information content (AvgIpc) is 2.68. The first-order chi connectivity index (χ1) is 7.68. The van der Waals surface area contributed by atoms with E-state index in [1.165, 1.54) is 6.07 Å². The molecule has 4 heteroatoms. The van der Waals surface area contributed by atoms with Crippen molar-refractivity contribution in [3.63, 3.8) is 0 Å². The highest BCUT2D eigenvalue weighted by Gasteiger charge is 2.15. The maximum absolute atomic E-state index is 13.4. The summed E-state index contributed by atoms with van der Waals surface area (Å²) in [6, 6.07) is 8.04. The summed E-state index contributed by atoms with van der Waals surface area (Å²) in [5, 5.41) is 0. The lowest BCUT2D eigenvalue weighted by Gasteiger charge is -2.10. The van der Waals surface area contributed by atoms with E-state index in [-0.39, 0.29) is 11.9 Å². The zero-order valence-electron chi connectivity index (χ0n) is 8.49. The van der Waals surface area contributed by atoms with E-state index in [0.29, 0.717) is 17.7 Å². The monoisotopic (exact) mass is 283 g/mol. The molecule has 0 bridgehead atoms. The van der Waals surface area contributed by atoms with Crippen molar-refractivity contribution < 1.29 is 8.81 Å². The number of halogens is 2. The molecule has 1 atom stereocenters. The van der Waals surface area contributed by atoms with Crippen LogP contribution in [0.25, 0.3) is 0 Å². The third-order valence-electron chi connectivity index (χ3n) is 2.38. The van der Waals surface area contributed by atoms with Gasteiger partial charge in [-0.05, 0) is 40.0 Å². The van der Waals surface area contributed by atoms with Crippen molar-refractivity contribution in [2.24, 2.45) is 5.73 Å². The summed E-state index contributed by atoms with van der Waals surface area (Å²) in [6.45, 7) is 0. The second kappa shape index (κ2) is 4.80. The molecule has 0 aliphatic carbocycles. The van der Waals surface area contributed by atoms with E-state index in [1.807, 2.05) is 0 Å². The Bertz CT molecular complexity index is 483. The van der Waals surface area contributed by atoms with Gasteiger partial charge in [-0.15, -0.1) is 0 Å². The van der Waals surface area contributed by atoms with Gasteiger partial charge in [0, 0.05) is 0 Å². The Morgan fingerprint density at radius 1 is 1.31 bits per heavy atom. The first-order valence-corrected chi connectivity index (χ1v) is 5.69. The molecule has 1 unspecified atom stereocenters. The van der Waals surface area contributed by atoms with E-state index in [0.717, 1.165) is 4.47 Å². The van der Waals surface area contributed by atoms with Crippen LogP contribution in [-0.2, 0) is 6.42 Å². The highest BCUT2D eigenvalue weighted by Crippen LogP contribution is 2.25. The molecule has 0 spiro atoms. The maximum Gasteiger partial charge on any atom is 0.134 e. The van der Waals surface area contributed by atoms with E-state index >= 15 is 0 Å². The van der Waals surface area contributed by atoms with E-state index < -0.39 is 0 Å². The van der Waals surface area contributed by atoms with Crippen LogP contribution in [0.5, 0.6) is 0 Å². The highest BCUT2D eigenvalue weighted by molar-refractivity contribution is 9.10. The van der Waals surface area contributed by atoms with Crippen molar-refractivity contribution >= 4 is 15.9 Å². The van der Waals surface area contributed by atoms with Gasteiger partial charge in [0.05, 0.1) is 16.8 Å². The molecule has 0 radical (unpaired) electrons.